The first-order valence-electron chi connectivity index (χ1n) is 5.10. The topological polar surface area (TPSA) is 69.6 Å². The third-order valence-electron chi connectivity index (χ3n) is 2.93. The zero-order valence-corrected chi connectivity index (χ0v) is 13.4. The number of carbonyl (C=O) groups is 2. The van der Waals surface area contributed by atoms with Crippen LogP contribution in [0.15, 0.2) is 11.0 Å². The molecular weight excluding hydrogens is 317 g/mol. The number of nitrogens with zero attached hydrogens (tertiary/aromatic N) is 1. The van der Waals surface area contributed by atoms with Gasteiger partial charge in [-0.1, -0.05) is 0 Å². The van der Waals surface area contributed by atoms with Crippen molar-refractivity contribution in [3.63, 3.8) is 0 Å². The van der Waals surface area contributed by atoms with Gasteiger partial charge in [0, 0.05) is 39.6 Å². The number of hydrogen-bond acceptors (Lipinski definition) is 4. The Morgan fingerprint density at radius 3 is 2.82 bits per heavy atom. The molecule has 0 spiro atoms. The predicted molar refractivity (Wildman–Crippen MR) is 60.5 cm³/mol. The van der Waals surface area contributed by atoms with E-state index in [9.17, 15) is 9.59 Å². The summed E-state index contributed by atoms with van der Waals surface area (Å²) in [5, 5.41) is 13.6. The van der Waals surface area contributed by atoms with Crippen molar-refractivity contribution in [1.82, 2.24) is 10.2 Å². The molecule has 1 saturated heterocycles. The smallest absolute Gasteiger partial charge is 0.249 e. The van der Waals surface area contributed by atoms with Gasteiger partial charge in [-0.05, 0) is 17.9 Å². The van der Waals surface area contributed by atoms with E-state index in [0.717, 1.165) is 5.57 Å². The Balaban J connectivity index is 0.00000144. The average Bonchev–Trinajstić information content (AvgIpc) is 2.25. The molecule has 2 aliphatic heterocycles. The molecule has 0 aromatic heterocycles. The molecule has 3 unspecified atom stereocenters. The maximum atomic E-state index is 11.8. The van der Waals surface area contributed by atoms with Crippen molar-refractivity contribution in [3.05, 3.63) is 11.0 Å². The molecule has 0 aliphatic carbocycles. The number of hydrogen-bond donors (Lipinski definition) is 2. The van der Waals surface area contributed by atoms with Crippen LogP contribution < -0.4 is 5.32 Å². The predicted octanol–water partition coefficient (Wildman–Crippen LogP) is -0.332. The van der Waals surface area contributed by atoms with E-state index in [-0.39, 0.29) is 62.5 Å². The van der Waals surface area contributed by atoms with Gasteiger partial charge >= 0.3 is 0 Å². The first-order valence-corrected chi connectivity index (χ1v) is 6.05. The van der Waals surface area contributed by atoms with E-state index in [1.54, 1.807) is 4.90 Å². The van der Waals surface area contributed by atoms with Crippen molar-refractivity contribution in [2.75, 3.05) is 6.61 Å². The fourth-order valence-electron chi connectivity index (χ4n) is 2.00. The van der Waals surface area contributed by atoms with Crippen molar-refractivity contribution < 1.29 is 47.4 Å². The molecule has 1 fully saturated rings. The van der Waals surface area contributed by atoms with Crippen LogP contribution in [0.2, 0.25) is 0 Å². The molecule has 3 atom stereocenters. The van der Waals surface area contributed by atoms with E-state index in [1.165, 1.54) is 18.7 Å². The molecule has 7 heteroatoms. The molecule has 17 heavy (non-hydrogen) atoms. The summed E-state index contributed by atoms with van der Waals surface area (Å²) in [5.41, 5.74) is 0.843. The van der Waals surface area contributed by atoms with Crippen molar-refractivity contribution >= 4 is 23.6 Å². The minimum Gasteiger partial charge on any atom is -0.392 e. The Kier molecular flexibility index (Phi) is 5.19. The van der Waals surface area contributed by atoms with Gasteiger partial charge in [0.1, 0.15) is 11.4 Å². The second-order valence-electron chi connectivity index (χ2n) is 3.98. The summed E-state index contributed by atoms with van der Waals surface area (Å²) < 4.78 is 0. The largest absolute Gasteiger partial charge is 0.392 e. The molecular formula is C10H14N2O3SY. The fourth-order valence-corrected chi connectivity index (χ4v) is 3.34. The Labute approximate surface area is 129 Å². The average molecular weight is 331 g/mol. The van der Waals surface area contributed by atoms with E-state index >= 15 is 0 Å². The number of aliphatic hydroxyl groups is 1. The number of aliphatic hydroxyl groups excluding tert-OH is 1. The minimum atomic E-state index is -0.415. The van der Waals surface area contributed by atoms with Crippen molar-refractivity contribution in [2.24, 2.45) is 0 Å². The number of thioether (sulfide) groups is 1. The molecule has 2 amide bonds. The zero-order chi connectivity index (χ0) is 11.9. The van der Waals surface area contributed by atoms with Crippen LogP contribution in [0.5, 0.6) is 0 Å². The van der Waals surface area contributed by atoms with Crippen molar-refractivity contribution in [3.8, 4) is 0 Å². The van der Waals surface area contributed by atoms with Crippen LogP contribution in [-0.4, -0.2) is 45.9 Å². The summed E-state index contributed by atoms with van der Waals surface area (Å²) in [6.45, 7) is 3.26. The van der Waals surface area contributed by atoms with Gasteiger partial charge in [0.2, 0.25) is 11.8 Å². The van der Waals surface area contributed by atoms with E-state index in [2.05, 4.69) is 5.32 Å². The first-order chi connectivity index (χ1) is 7.56. The SMILES string of the molecule is CC(=O)NC1C(=O)N2C(C)C(CO)=CSC12.[Y]. The number of fused-ring (bicyclic) bond motifs is 1. The second kappa shape index (κ2) is 5.82. The van der Waals surface area contributed by atoms with E-state index in [0.29, 0.717) is 0 Å². The Bertz CT molecular complexity index is 375. The van der Waals surface area contributed by atoms with Gasteiger partial charge < -0.3 is 15.3 Å². The van der Waals surface area contributed by atoms with Crippen LogP contribution in [0.4, 0.5) is 0 Å². The monoisotopic (exact) mass is 331 g/mol. The molecule has 2 heterocycles. The standard InChI is InChI=1S/C10H14N2O3S.Y/c1-5-7(3-13)4-16-10-8(11-6(2)14)9(15)12(5)10;/h4-5,8,10,13H,3H2,1-2H3,(H,11,14);. The molecule has 2 N–H and O–H groups in total. The summed E-state index contributed by atoms with van der Waals surface area (Å²) in [7, 11) is 0. The Hall–Kier alpha value is 0.0939. The minimum absolute atomic E-state index is 0. The zero-order valence-electron chi connectivity index (χ0n) is 9.71. The molecule has 91 valence electrons. The van der Waals surface area contributed by atoms with Crippen LogP contribution in [0, 0.1) is 0 Å². The second-order valence-corrected chi connectivity index (χ2v) is 4.97. The third-order valence-corrected chi connectivity index (χ3v) is 4.15. The maximum absolute atomic E-state index is 11.8. The number of β-lactam (4-membered cyclic amide) rings is 1. The molecule has 0 aromatic rings. The first kappa shape index (κ1) is 15.2. The summed E-state index contributed by atoms with van der Waals surface area (Å²) >= 11 is 1.47. The molecule has 0 aromatic carbocycles. The molecule has 0 bridgehead atoms. The van der Waals surface area contributed by atoms with Gasteiger partial charge in [-0.2, -0.15) is 0 Å². The summed E-state index contributed by atoms with van der Waals surface area (Å²) in [6, 6.07) is -0.491. The normalized spacial score (nSPS) is 30.8. The molecule has 2 rings (SSSR count). The van der Waals surface area contributed by atoms with Gasteiger partial charge in [0.25, 0.3) is 0 Å². The molecule has 1 radical (unpaired) electrons. The summed E-state index contributed by atoms with van der Waals surface area (Å²) in [4.78, 5) is 24.4. The van der Waals surface area contributed by atoms with Gasteiger partial charge in [-0.15, -0.1) is 11.8 Å². The van der Waals surface area contributed by atoms with Crippen molar-refractivity contribution in [1.29, 1.82) is 0 Å². The molecule has 2 aliphatic rings. The third kappa shape index (κ3) is 2.60. The summed E-state index contributed by atoms with van der Waals surface area (Å²) in [5.74, 6) is -0.262. The van der Waals surface area contributed by atoms with Gasteiger partial charge in [-0.25, -0.2) is 0 Å². The fraction of sp³-hybridized carbons (Fsp3) is 0.600. The van der Waals surface area contributed by atoms with Gasteiger partial charge in [0.05, 0.1) is 12.6 Å². The van der Waals surface area contributed by atoms with Crippen molar-refractivity contribution in [2.45, 2.75) is 31.3 Å². The maximum Gasteiger partial charge on any atom is 0.249 e. The number of amides is 2. The van der Waals surface area contributed by atoms with E-state index in [1.807, 2.05) is 12.3 Å². The van der Waals surface area contributed by atoms with Crippen LogP contribution in [0.25, 0.3) is 0 Å². The Morgan fingerprint density at radius 2 is 2.29 bits per heavy atom. The van der Waals surface area contributed by atoms with E-state index in [4.69, 9.17) is 5.11 Å². The Morgan fingerprint density at radius 1 is 1.65 bits per heavy atom. The summed E-state index contributed by atoms with van der Waals surface area (Å²) in [6.07, 6.45) is 0. The van der Waals surface area contributed by atoms with Gasteiger partial charge in [-0.3, -0.25) is 9.59 Å². The number of carbonyl (C=O) groups excluding carboxylic acids is 2. The number of rotatable bonds is 2. The van der Waals surface area contributed by atoms with Gasteiger partial charge in [0.15, 0.2) is 0 Å². The van der Waals surface area contributed by atoms with Crippen LogP contribution in [0.1, 0.15) is 13.8 Å². The van der Waals surface area contributed by atoms with Crippen LogP contribution in [-0.2, 0) is 42.3 Å². The number of nitrogens with one attached hydrogen (secondary N) is 1. The molecule has 5 nitrogen and oxygen atoms in total. The van der Waals surface area contributed by atoms with E-state index < -0.39 is 6.04 Å². The van der Waals surface area contributed by atoms with Crippen LogP contribution >= 0.6 is 11.8 Å². The quantitative estimate of drug-likeness (QED) is 0.680. The van der Waals surface area contributed by atoms with Crippen LogP contribution in [0.3, 0.4) is 0 Å². The molecule has 0 saturated carbocycles.